The minimum atomic E-state index is -0.375. The molecule has 1 aromatic carbocycles. The minimum Gasteiger partial charge on any atom is -0.481 e. The van der Waals surface area contributed by atoms with Crippen molar-refractivity contribution in [3.05, 3.63) is 59.7 Å². The summed E-state index contributed by atoms with van der Waals surface area (Å²) < 4.78 is 5.08. The maximum absolute atomic E-state index is 12.5. The summed E-state index contributed by atoms with van der Waals surface area (Å²) in [6.07, 6.45) is 0. The molecule has 0 radical (unpaired) electrons. The van der Waals surface area contributed by atoms with Gasteiger partial charge in [-0.05, 0) is 30.3 Å². The van der Waals surface area contributed by atoms with Crippen LogP contribution in [0.1, 0.15) is 20.7 Å². The number of benzene rings is 1. The van der Waals surface area contributed by atoms with Crippen molar-refractivity contribution in [2.45, 2.75) is 0 Å². The number of hydrogen-bond donors (Lipinski definition) is 0. The van der Waals surface area contributed by atoms with E-state index in [1.165, 1.54) is 7.11 Å². The average molecular weight is 305 g/mol. The summed E-state index contributed by atoms with van der Waals surface area (Å²) in [5.41, 5.74) is 1.19. The second-order valence-electron chi connectivity index (χ2n) is 5.06. The Labute approximate surface area is 131 Å². The van der Waals surface area contributed by atoms with Gasteiger partial charge in [0.2, 0.25) is 5.88 Å². The summed E-state index contributed by atoms with van der Waals surface area (Å²) in [4.78, 5) is 34.6. The number of nitrogens with zero attached hydrogens (tertiary/aromatic N) is 3. The van der Waals surface area contributed by atoms with E-state index in [0.717, 1.165) is 10.3 Å². The molecule has 0 fully saturated rings. The maximum Gasteiger partial charge on any atom is 0.267 e. The first-order valence-corrected chi connectivity index (χ1v) is 6.98. The number of imide groups is 1. The van der Waals surface area contributed by atoms with Crippen molar-refractivity contribution < 1.29 is 14.3 Å². The number of hydrogen-bond acceptors (Lipinski definition) is 5. The molecule has 23 heavy (non-hydrogen) atoms. The van der Waals surface area contributed by atoms with Gasteiger partial charge < -0.3 is 4.74 Å². The highest BCUT2D eigenvalue weighted by molar-refractivity contribution is 6.34. The van der Waals surface area contributed by atoms with Gasteiger partial charge in [-0.3, -0.25) is 9.59 Å². The Morgan fingerprint density at radius 2 is 1.52 bits per heavy atom. The van der Waals surface area contributed by atoms with Crippen LogP contribution >= 0.6 is 0 Å². The number of carbonyl (C=O) groups is 2. The molecule has 1 aliphatic rings. The van der Waals surface area contributed by atoms with Crippen LogP contribution < -0.4 is 9.64 Å². The summed E-state index contributed by atoms with van der Waals surface area (Å²) in [6, 6.07) is 13.7. The highest BCUT2D eigenvalue weighted by Crippen LogP contribution is 2.28. The fourth-order valence-corrected chi connectivity index (χ4v) is 2.61. The fourth-order valence-electron chi connectivity index (χ4n) is 2.61. The van der Waals surface area contributed by atoms with Crippen molar-refractivity contribution in [2.24, 2.45) is 0 Å². The van der Waals surface area contributed by atoms with Crippen LogP contribution in [0.2, 0.25) is 0 Å². The highest BCUT2D eigenvalue weighted by Gasteiger charge is 2.37. The number of pyridine rings is 2. The average Bonchev–Trinajstić information content (AvgIpc) is 2.85. The maximum atomic E-state index is 12.5. The monoisotopic (exact) mass is 305 g/mol. The van der Waals surface area contributed by atoms with E-state index in [1.54, 1.807) is 42.5 Å². The lowest BCUT2D eigenvalue weighted by molar-refractivity contribution is 0.0925. The zero-order valence-electron chi connectivity index (χ0n) is 12.2. The number of aromatic nitrogens is 2. The molecule has 4 rings (SSSR count). The first kappa shape index (κ1) is 13.4. The molecule has 3 heterocycles. The standard InChI is InChI=1S/C17H11N3O3/c1-23-14-9-7-10-6-8-13(18-15(10)19-14)20-16(21)11-4-2-3-5-12(11)17(20)22/h2-9H,1H3. The Hall–Kier alpha value is -3.28. The summed E-state index contributed by atoms with van der Waals surface area (Å²) in [6.45, 7) is 0. The van der Waals surface area contributed by atoms with Gasteiger partial charge in [-0.1, -0.05) is 12.1 Å². The van der Waals surface area contributed by atoms with Crippen molar-refractivity contribution in [1.82, 2.24) is 9.97 Å². The van der Waals surface area contributed by atoms with Gasteiger partial charge in [0.05, 0.1) is 18.2 Å². The van der Waals surface area contributed by atoms with Crippen molar-refractivity contribution in [3.63, 3.8) is 0 Å². The lowest BCUT2D eigenvalue weighted by Crippen LogP contribution is -2.30. The van der Waals surface area contributed by atoms with Crippen molar-refractivity contribution in [1.29, 1.82) is 0 Å². The zero-order chi connectivity index (χ0) is 16.0. The second kappa shape index (κ2) is 4.88. The van der Waals surface area contributed by atoms with Gasteiger partial charge in [0.15, 0.2) is 5.65 Å². The fraction of sp³-hybridized carbons (Fsp3) is 0.0588. The summed E-state index contributed by atoms with van der Waals surface area (Å²) in [5, 5.41) is 0.797. The molecule has 0 N–H and O–H groups in total. The quantitative estimate of drug-likeness (QED) is 0.680. The Morgan fingerprint density at radius 3 is 2.17 bits per heavy atom. The number of carbonyl (C=O) groups excluding carboxylic acids is 2. The van der Waals surface area contributed by atoms with Crippen LogP contribution in [0.3, 0.4) is 0 Å². The number of methoxy groups -OCH3 is 1. The molecule has 1 aliphatic heterocycles. The number of ether oxygens (including phenoxy) is 1. The van der Waals surface area contributed by atoms with E-state index in [2.05, 4.69) is 9.97 Å². The molecule has 0 spiro atoms. The van der Waals surface area contributed by atoms with Crippen LogP contribution in [-0.4, -0.2) is 28.9 Å². The molecule has 2 amide bonds. The van der Waals surface area contributed by atoms with E-state index in [-0.39, 0.29) is 17.6 Å². The van der Waals surface area contributed by atoms with Gasteiger partial charge in [0.1, 0.15) is 5.82 Å². The molecule has 0 aliphatic carbocycles. The van der Waals surface area contributed by atoms with Gasteiger partial charge in [0, 0.05) is 11.5 Å². The molecule has 3 aromatic rings. The van der Waals surface area contributed by atoms with E-state index in [1.807, 2.05) is 6.07 Å². The molecular formula is C17H11N3O3. The SMILES string of the molecule is COc1ccc2ccc(N3C(=O)c4ccccc4C3=O)nc2n1. The van der Waals surface area contributed by atoms with E-state index in [0.29, 0.717) is 22.7 Å². The van der Waals surface area contributed by atoms with E-state index < -0.39 is 0 Å². The van der Waals surface area contributed by atoms with Crippen molar-refractivity contribution in [3.8, 4) is 5.88 Å². The Balaban J connectivity index is 1.84. The number of amides is 2. The Kier molecular flexibility index (Phi) is 2.84. The van der Waals surface area contributed by atoms with Gasteiger partial charge in [0.25, 0.3) is 11.8 Å². The molecule has 6 nitrogen and oxygen atoms in total. The van der Waals surface area contributed by atoms with Crippen LogP contribution in [0.15, 0.2) is 48.5 Å². The molecular weight excluding hydrogens is 294 g/mol. The molecule has 0 atom stereocenters. The van der Waals surface area contributed by atoms with E-state index >= 15 is 0 Å². The molecule has 112 valence electrons. The molecule has 2 aromatic heterocycles. The van der Waals surface area contributed by atoms with Gasteiger partial charge in [-0.15, -0.1) is 0 Å². The minimum absolute atomic E-state index is 0.254. The largest absolute Gasteiger partial charge is 0.481 e. The predicted molar refractivity (Wildman–Crippen MR) is 83.7 cm³/mol. The van der Waals surface area contributed by atoms with Gasteiger partial charge in [-0.25, -0.2) is 9.88 Å². The van der Waals surface area contributed by atoms with E-state index in [9.17, 15) is 9.59 Å². The lowest BCUT2D eigenvalue weighted by atomic mass is 10.1. The highest BCUT2D eigenvalue weighted by atomic mass is 16.5. The smallest absolute Gasteiger partial charge is 0.267 e. The Morgan fingerprint density at radius 1 is 0.870 bits per heavy atom. The van der Waals surface area contributed by atoms with Crippen LogP contribution in [0.4, 0.5) is 5.82 Å². The van der Waals surface area contributed by atoms with Gasteiger partial charge in [-0.2, -0.15) is 4.98 Å². The third-order valence-electron chi connectivity index (χ3n) is 3.74. The number of rotatable bonds is 2. The molecule has 0 unspecified atom stereocenters. The van der Waals surface area contributed by atoms with Crippen LogP contribution in [0.5, 0.6) is 5.88 Å². The van der Waals surface area contributed by atoms with Crippen molar-refractivity contribution in [2.75, 3.05) is 12.0 Å². The van der Waals surface area contributed by atoms with Crippen LogP contribution in [0, 0.1) is 0 Å². The molecule has 6 heteroatoms. The predicted octanol–water partition coefficient (Wildman–Crippen LogP) is 2.44. The first-order valence-electron chi connectivity index (χ1n) is 6.98. The van der Waals surface area contributed by atoms with Gasteiger partial charge >= 0.3 is 0 Å². The summed E-state index contributed by atoms with van der Waals surface area (Å²) >= 11 is 0. The topological polar surface area (TPSA) is 72.4 Å². The molecule has 0 saturated heterocycles. The first-order chi connectivity index (χ1) is 11.2. The summed E-state index contributed by atoms with van der Waals surface area (Å²) in [5.74, 6) is -0.0744. The normalized spacial score (nSPS) is 13.5. The van der Waals surface area contributed by atoms with Crippen LogP contribution in [0.25, 0.3) is 11.0 Å². The molecule has 0 saturated carbocycles. The van der Waals surface area contributed by atoms with Crippen LogP contribution in [-0.2, 0) is 0 Å². The third-order valence-corrected chi connectivity index (χ3v) is 3.74. The van der Waals surface area contributed by atoms with E-state index in [4.69, 9.17) is 4.74 Å². The third kappa shape index (κ3) is 1.96. The summed E-state index contributed by atoms with van der Waals surface area (Å²) in [7, 11) is 1.52. The number of fused-ring (bicyclic) bond motifs is 2. The van der Waals surface area contributed by atoms with Crippen molar-refractivity contribution >= 4 is 28.7 Å². The Bertz CT molecular complexity index is 933. The lowest BCUT2D eigenvalue weighted by Gasteiger charge is -2.13. The zero-order valence-corrected chi connectivity index (χ0v) is 12.2. The molecule has 0 bridgehead atoms. The number of anilines is 1. The second-order valence-corrected chi connectivity index (χ2v) is 5.06.